The molecule has 0 spiro atoms. The summed E-state index contributed by atoms with van der Waals surface area (Å²) in [7, 11) is 0. The molecule has 0 bridgehead atoms. The second-order valence-electron chi connectivity index (χ2n) is 4.91. The Morgan fingerprint density at radius 1 is 1.25 bits per heavy atom. The van der Waals surface area contributed by atoms with E-state index < -0.39 is 5.97 Å². The number of hydrogen-bond donors (Lipinski definition) is 2. The van der Waals surface area contributed by atoms with E-state index in [1.165, 1.54) is 15.3 Å². The van der Waals surface area contributed by atoms with Gasteiger partial charge < -0.3 is 10.4 Å². The third kappa shape index (κ3) is 2.99. The van der Waals surface area contributed by atoms with Gasteiger partial charge in [0, 0.05) is 15.4 Å². The highest BCUT2D eigenvalue weighted by Gasteiger charge is 2.15. The van der Waals surface area contributed by atoms with Gasteiger partial charge >= 0.3 is 5.97 Å². The Morgan fingerprint density at radius 3 is 2.50 bits per heavy atom. The first-order chi connectivity index (χ1) is 9.38. The van der Waals surface area contributed by atoms with Crippen LogP contribution >= 0.6 is 11.3 Å². The molecule has 0 fully saturated rings. The Hall–Kier alpha value is -1.88. The number of thiophene rings is 1. The molecular weight excluding hydrogens is 272 g/mol. The Labute approximate surface area is 122 Å². The molecular formula is C15H18N2O2S. The summed E-state index contributed by atoms with van der Waals surface area (Å²) in [6.07, 6.45) is 0. The number of anilines is 1. The van der Waals surface area contributed by atoms with Crippen LogP contribution in [0.4, 0.5) is 5.82 Å². The number of nitrogens with zero attached hydrogens (tertiary/aromatic N) is 1. The molecule has 0 radical (unpaired) electrons. The van der Waals surface area contributed by atoms with Crippen molar-refractivity contribution in [3.63, 3.8) is 0 Å². The third-order valence-corrected chi connectivity index (χ3v) is 4.36. The van der Waals surface area contributed by atoms with Crippen LogP contribution in [0.3, 0.4) is 0 Å². The van der Waals surface area contributed by atoms with Gasteiger partial charge in [0.2, 0.25) is 0 Å². The van der Waals surface area contributed by atoms with Crippen LogP contribution in [-0.4, -0.2) is 16.1 Å². The predicted molar refractivity (Wildman–Crippen MR) is 81.8 cm³/mol. The zero-order valence-electron chi connectivity index (χ0n) is 12.1. The zero-order valence-corrected chi connectivity index (χ0v) is 12.9. The summed E-state index contributed by atoms with van der Waals surface area (Å²) < 4.78 is 0. The number of aromatic nitrogens is 1. The number of carboxylic acid groups (broad SMARTS) is 1. The molecule has 0 aliphatic carbocycles. The molecule has 0 aliphatic rings. The maximum atomic E-state index is 11.3. The number of carboxylic acids is 1. The SMILES string of the molecule is Cc1cc(C)c(C(=O)O)c(NCc2cc(C)c(C)s2)n1. The number of carbonyl (C=O) groups is 1. The molecule has 0 atom stereocenters. The summed E-state index contributed by atoms with van der Waals surface area (Å²) in [5, 5.41) is 12.5. The van der Waals surface area contributed by atoms with Crippen molar-refractivity contribution >= 4 is 23.1 Å². The van der Waals surface area contributed by atoms with Crippen LogP contribution in [-0.2, 0) is 6.54 Å². The maximum Gasteiger partial charge on any atom is 0.339 e. The molecule has 0 saturated carbocycles. The molecule has 0 amide bonds. The summed E-state index contributed by atoms with van der Waals surface area (Å²) in [5.41, 5.74) is 3.05. The van der Waals surface area contributed by atoms with Gasteiger partial charge in [-0.1, -0.05) is 0 Å². The zero-order chi connectivity index (χ0) is 14.9. The monoisotopic (exact) mass is 290 g/mol. The normalized spacial score (nSPS) is 10.6. The van der Waals surface area contributed by atoms with E-state index in [9.17, 15) is 9.90 Å². The molecule has 0 aliphatic heterocycles. The van der Waals surface area contributed by atoms with Gasteiger partial charge in [-0.3, -0.25) is 0 Å². The average Bonchev–Trinajstić information content (AvgIpc) is 2.64. The minimum Gasteiger partial charge on any atom is -0.478 e. The molecule has 2 N–H and O–H groups in total. The van der Waals surface area contributed by atoms with E-state index in [-0.39, 0.29) is 5.56 Å². The highest BCUT2D eigenvalue weighted by atomic mass is 32.1. The lowest BCUT2D eigenvalue weighted by Crippen LogP contribution is -2.10. The first-order valence-electron chi connectivity index (χ1n) is 6.40. The largest absolute Gasteiger partial charge is 0.478 e. The maximum absolute atomic E-state index is 11.3. The summed E-state index contributed by atoms with van der Waals surface area (Å²) >= 11 is 1.72. The lowest BCUT2D eigenvalue weighted by molar-refractivity contribution is 0.0697. The van der Waals surface area contributed by atoms with E-state index in [0.717, 1.165) is 11.3 Å². The van der Waals surface area contributed by atoms with E-state index >= 15 is 0 Å². The Morgan fingerprint density at radius 2 is 1.95 bits per heavy atom. The van der Waals surface area contributed by atoms with Gasteiger partial charge in [0.05, 0.1) is 6.54 Å². The van der Waals surface area contributed by atoms with Gasteiger partial charge in [-0.05, 0) is 51.0 Å². The summed E-state index contributed by atoms with van der Waals surface area (Å²) in [6, 6.07) is 3.91. The highest BCUT2D eigenvalue weighted by molar-refractivity contribution is 7.12. The summed E-state index contributed by atoms with van der Waals surface area (Å²) in [4.78, 5) is 18.1. The molecule has 5 heteroatoms. The van der Waals surface area contributed by atoms with Crippen molar-refractivity contribution in [2.24, 2.45) is 0 Å². The van der Waals surface area contributed by atoms with Crippen LogP contribution in [0, 0.1) is 27.7 Å². The molecule has 106 valence electrons. The van der Waals surface area contributed by atoms with Crippen LogP contribution < -0.4 is 5.32 Å². The van der Waals surface area contributed by atoms with E-state index in [1.807, 2.05) is 6.92 Å². The Kier molecular flexibility index (Phi) is 4.09. The van der Waals surface area contributed by atoms with Crippen LogP contribution in [0.15, 0.2) is 12.1 Å². The number of hydrogen-bond acceptors (Lipinski definition) is 4. The Balaban J connectivity index is 2.26. The lowest BCUT2D eigenvalue weighted by Gasteiger charge is -2.11. The first-order valence-corrected chi connectivity index (χ1v) is 7.21. The van der Waals surface area contributed by atoms with E-state index in [2.05, 4.69) is 30.2 Å². The van der Waals surface area contributed by atoms with Crippen molar-refractivity contribution in [1.29, 1.82) is 0 Å². The summed E-state index contributed by atoms with van der Waals surface area (Å²) in [6.45, 7) is 8.41. The standard InChI is InChI=1S/C15H18N2O2S/c1-8-6-12(20-11(8)4)7-16-14-13(15(18)19)9(2)5-10(3)17-14/h5-6H,7H2,1-4H3,(H,16,17)(H,18,19). The van der Waals surface area contributed by atoms with Crippen LogP contribution in [0.25, 0.3) is 0 Å². The fourth-order valence-corrected chi connectivity index (χ4v) is 3.14. The van der Waals surface area contributed by atoms with Gasteiger partial charge in [0.15, 0.2) is 0 Å². The highest BCUT2D eigenvalue weighted by Crippen LogP contribution is 2.23. The van der Waals surface area contributed by atoms with Gasteiger partial charge in [-0.2, -0.15) is 0 Å². The quantitative estimate of drug-likeness (QED) is 0.901. The Bertz CT molecular complexity index is 643. The van der Waals surface area contributed by atoms with Crippen molar-refractivity contribution in [3.8, 4) is 0 Å². The van der Waals surface area contributed by atoms with Crippen molar-refractivity contribution in [1.82, 2.24) is 4.98 Å². The van der Waals surface area contributed by atoms with Crippen LogP contribution in [0.1, 0.15) is 36.9 Å². The number of pyridine rings is 1. The van der Waals surface area contributed by atoms with Gasteiger partial charge in [0.1, 0.15) is 11.4 Å². The number of nitrogens with one attached hydrogen (secondary N) is 1. The second kappa shape index (κ2) is 5.63. The topological polar surface area (TPSA) is 62.2 Å². The molecule has 0 aromatic carbocycles. The molecule has 2 aromatic heterocycles. The molecule has 0 unspecified atom stereocenters. The van der Waals surface area contributed by atoms with E-state index in [1.54, 1.807) is 24.3 Å². The smallest absolute Gasteiger partial charge is 0.339 e. The molecule has 4 nitrogen and oxygen atoms in total. The predicted octanol–water partition coefficient (Wildman–Crippen LogP) is 3.69. The average molecular weight is 290 g/mol. The molecule has 0 saturated heterocycles. The van der Waals surface area contributed by atoms with Gasteiger partial charge in [-0.15, -0.1) is 11.3 Å². The number of aromatic carboxylic acids is 1. The molecule has 2 heterocycles. The van der Waals surface area contributed by atoms with Crippen LogP contribution in [0.2, 0.25) is 0 Å². The number of aryl methyl sites for hydroxylation is 4. The lowest BCUT2D eigenvalue weighted by atomic mass is 10.1. The minimum atomic E-state index is -0.948. The second-order valence-corrected chi connectivity index (χ2v) is 6.26. The number of rotatable bonds is 4. The third-order valence-electron chi connectivity index (χ3n) is 3.21. The van der Waals surface area contributed by atoms with Gasteiger partial charge in [-0.25, -0.2) is 9.78 Å². The van der Waals surface area contributed by atoms with Crippen molar-refractivity contribution in [3.05, 3.63) is 44.3 Å². The van der Waals surface area contributed by atoms with Crippen molar-refractivity contribution in [2.45, 2.75) is 34.2 Å². The summed E-state index contributed by atoms with van der Waals surface area (Å²) in [5.74, 6) is -0.505. The molecule has 20 heavy (non-hydrogen) atoms. The van der Waals surface area contributed by atoms with E-state index in [0.29, 0.717) is 12.4 Å². The molecule has 2 rings (SSSR count). The fourth-order valence-electron chi connectivity index (χ4n) is 2.14. The van der Waals surface area contributed by atoms with Crippen molar-refractivity contribution < 1.29 is 9.90 Å². The fraction of sp³-hybridized carbons (Fsp3) is 0.333. The first kappa shape index (κ1) is 14.5. The molecule has 2 aromatic rings. The van der Waals surface area contributed by atoms with Gasteiger partial charge in [0.25, 0.3) is 0 Å². The van der Waals surface area contributed by atoms with E-state index in [4.69, 9.17) is 0 Å². The van der Waals surface area contributed by atoms with Crippen molar-refractivity contribution in [2.75, 3.05) is 5.32 Å². The minimum absolute atomic E-state index is 0.251. The van der Waals surface area contributed by atoms with Crippen LogP contribution in [0.5, 0.6) is 0 Å².